The lowest BCUT2D eigenvalue weighted by Crippen LogP contribution is -2.00. The van der Waals surface area contributed by atoms with Gasteiger partial charge in [-0.2, -0.15) is 0 Å². The molecule has 0 radical (unpaired) electrons. The van der Waals surface area contributed by atoms with Crippen molar-refractivity contribution in [2.75, 3.05) is 0 Å². The van der Waals surface area contributed by atoms with Crippen molar-refractivity contribution in [1.82, 2.24) is 0 Å². The molecule has 0 heterocycles. The highest BCUT2D eigenvalue weighted by Crippen LogP contribution is 2.29. The maximum atomic E-state index is 13.1. The van der Waals surface area contributed by atoms with E-state index in [-0.39, 0.29) is 12.2 Å². The second-order valence-corrected chi connectivity index (χ2v) is 6.31. The molecule has 0 aliphatic carbocycles. The van der Waals surface area contributed by atoms with Gasteiger partial charge in [-0.15, -0.1) is 0 Å². The maximum Gasteiger partial charge on any atom is 0.303 e. The third-order valence-electron chi connectivity index (χ3n) is 4.41. The number of carboxylic acids is 1. The predicted molar refractivity (Wildman–Crippen MR) is 104 cm³/mol. The molecule has 1 N–H and O–H groups in total. The average molecular weight is 364 g/mol. The van der Waals surface area contributed by atoms with Crippen LogP contribution in [0.1, 0.15) is 24.5 Å². The molecular weight excluding hydrogens is 343 g/mol. The van der Waals surface area contributed by atoms with Crippen LogP contribution in [0.4, 0.5) is 4.39 Å². The minimum absolute atomic E-state index is 0.118. The van der Waals surface area contributed by atoms with Gasteiger partial charge in [0.2, 0.25) is 0 Å². The molecule has 0 aliphatic rings. The molecule has 0 atom stereocenters. The summed E-state index contributed by atoms with van der Waals surface area (Å²) in [6.45, 7) is 2.04. The fourth-order valence-corrected chi connectivity index (χ4v) is 3.00. The molecule has 0 aromatic heterocycles. The summed E-state index contributed by atoms with van der Waals surface area (Å²) in [5.41, 5.74) is 3.98. The van der Waals surface area contributed by atoms with Crippen LogP contribution in [-0.2, 0) is 17.6 Å². The van der Waals surface area contributed by atoms with Gasteiger partial charge in [-0.1, -0.05) is 37.3 Å². The summed E-state index contributed by atoms with van der Waals surface area (Å²) in [5, 5.41) is 8.88. The number of ether oxygens (including phenoxy) is 1. The molecule has 0 spiro atoms. The van der Waals surface area contributed by atoms with Crippen molar-refractivity contribution < 1.29 is 19.0 Å². The number of carbonyl (C=O) groups is 1. The van der Waals surface area contributed by atoms with Crippen LogP contribution in [-0.4, -0.2) is 11.1 Å². The molecule has 27 heavy (non-hydrogen) atoms. The molecule has 3 rings (SSSR count). The van der Waals surface area contributed by atoms with Crippen LogP contribution < -0.4 is 4.74 Å². The minimum Gasteiger partial charge on any atom is -0.481 e. The Balaban J connectivity index is 1.79. The molecule has 3 aromatic carbocycles. The topological polar surface area (TPSA) is 46.5 Å². The molecule has 0 aliphatic heterocycles. The van der Waals surface area contributed by atoms with Crippen LogP contribution >= 0.6 is 0 Å². The highest BCUT2D eigenvalue weighted by molar-refractivity contribution is 5.67. The Morgan fingerprint density at radius 2 is 1.67 bits per heavy atom. The number of halogens is 1. The van der Waals surface area contributed by atoms with Crippen molar-refractivity contribution >= 4 is 5.97 Å². The normalized spacial score (nSPS) is 10.6. The first-order valence-electron chi connectivity index (χ1n) is 8.92. The van der Waals surface area contributed by atoms with Gasteiger partial charge in [0.05, 0.1) is 0 Å². The molecular formula is C23H21FO3. The van der Waals surface area contributed by atoms with E-state index in [1.807, 2.05) is 49.4 Å². The Labute approximate surface area is 158 Å². The minimum atomic E-state index is -0.796. The van der Waals surface area contributed by atoms with E-state index in [2.05, 4.69) is 0 Å². The molecule has 3 nitrogen and oxygen atoms in total. The van der Waals surface area contributed by atoms with E-state index < -0.39 is 5.97 Å². The van der Waals surface area contributed by atoms with E-state index in [1.54, 1.807) is 12.1 Å². The molecule has 0 saturated heterocycles. The average Bonchev–Trinajstić information content (AvgIpc) is 2.67. The Kier molecular flexibility index (Phi) is 5.87. The predicted octanol–water partition coefficient (Wildman–Crippen LogP) is 5.86. The van der Waals surface area contributed by atoms with Gasteiger partial charge in [0, 0.05) is 6.42 Å². The number of hydrogen-bond acceptors (Lipinski definition) is 2. The summed E-state index contributed by atoms with van der Waals surface area (Å²) in [4.78, 5) is 10.8. The fourth-order valence-electron chi connectivity index (χ4n) is 3.00. The van der Waals surface area contributed by atoms with Crippen molar-refractivity contribution in [2.45, 2.75) is 26.2 Å². The van der Waals surface area contributed by atoms with Crippen molar-refractivity contribution in [3.63, 3.8) is 0 Å². The lowest BCUT2D eigenvalue weighted by Gasteiger charge is -2.12. The highest BCUT2D eigenvalue weighted by atomic mass is 19.1. The molecule has 0 unspecified atom stereocenters. The zero-order valence-electron chi connectivity index (χ0n) is 15.1. The van der Waals surface area contributed by atoms with Gasteiger partial charge in [0.1, 0.15) is 17.3 Å². The van der Waals surface area contributed by atoms with Crippen LogP contribution in [0.2, 0.25) is 0 Å². The summed E-state index contributed by atoms with van der Waals surface area (Å²) in [5.74, 6) is 0.343. The van der Waals surface area contributed by atoms with E-state index in [0.717, 1.165) is 28.7 Å². The first kappa shape index (κ1) is 18.6. The summed E-state index contributed by atoms with van der Waals surface area (Å²) in [6, 6.07) is 19.7. The quantitative estimate of drug-likeness (QED) is 0.571. The number of aliphatic carboxylic acids is 1. The Bertz CT molecular complexity index is 933. The van der Waals surface area contributed by atoms with E-state index in [9.17, 15) is 9.18 Å². The van der Waals surface area contributed by atoms with Gasteiger partial charge >= 0.3 is 5.97 Å². The molecule has 3 aromatic rings. The maximum absolute atomic E-state index is 13.1. The van der Waals surface area contributed by atoms with Gasteiger partial charge in [0.25, 0.3) is 0 Å². The Morgan fingerprint density at radius 3 is 2.37 bits per heavy atom. The number of hydrogen-bond donors (Lipinski definition) is 1. The molecule has 0 bridgehead atoms. The summed E-state index contributed by atoms with van der Waals surface area (Å²) >= 11 is 0. The van der Waals surface area contributed by atoms with Crippen molar-refractivity contribution in [3.8, 4) is 22.6 Å². The fraction of sp³-hybridized carbons (Fsp3) is 0.174. The molecule has 0 saturated carbocycles. The zero-order valence-corrected chi connectivity index (χ0v) is 15.1. The van der Waals surface area contributed by atoms with Gasteiger partial charge in [0.15, 0.2) is 0 Å². The number of carboxylic acid groups (broad SMARTS) is 1. The third-order valence-corrected chi connectivity index (χ3v) is 4.41. The van der Waals surface area contributed by atoms with Gasteiger partial charge in [-0.25, -0.2) is 4.39 Å². The van der Waals surface area contributed by atoms with Gasteiger partial charge in [-0.3, -0.25) is 4.79 Å². The van der Waals surface area contributed by atoms with Crippen LogP contribution in [0.5, 0.6) is 11.5 Å². The van der Waals surface area contributed by atoms with Crippen LogP contribution in [0.3, 0.4) is 0 Å². The van der Waals surface area contributed by atoms with Crippen LogP contribution in [0.15, 0.2) is 66.7 Å². The zero-order chi connectivity index (χ0) is 19.2. The second-order valence-electron chi connectivity index (χ2n) is 6.31. The first-order chi connectivity index (χ1) is 13.0. The van der Waals surface area contributed by atoms with Crippen LogP contribution in [0, 0.1) is 5.82 Å². The van der Waals surface area contributed by atoms with Crippen molar-refractivity contribution in [2.24, 2.45) is 0 Å². The summed E-state index contributed by atoms with van der Waals surface area (Å²) in [7, 11) is 0. The number of benzene rings is 3. The van der Waals surface area contributed by atoms with Gasteiger partial charge < -0.3 is 9.84 Å². The van der Waals surface area contributed by atoms with Crippen LogP contribution in [0.25, 0.3) is 11.1 Å². The summed E-state index contributed by atoms with van der Waals surface area (Å²) in [6.07, 6.45) is 1.44. The van der Waals surface area contributed by atoms with E-state index >= 15 is 0 Å². The van der Waals surface area contributed by atoms with Crippen molar-refractivity contribution in [1.29, 1.82) is 0 Å². The van der Waals surface area contributed by atoms with E-state index in [4.69, 9.17) is 9.84 Å². The monoisotopic (exact) mass is 364 g/mol. The number of aryl methyl sites for hydroxylation is 2. The molecule has 4 heteroatoms. The molecule has 0 amide bonds. The largest absolute Gasteiger partial charge is 0.481 e. The van der Waals surface area contributed by atoms with E-state index in [1.165, 1.54) is 12.1 Å². The lowest BCUT2D eigenvalue weighted by atomic mass is 10.0. The van der Waals surface area contributed by atoms with E-state index in [0.29, 0.717) is 17.9 Å². The Hall–Kier alpha value is -3.14. The number of rotatable bonds is 7. The Morgan fingerprint density at radius 1 is 0.926 bits per heavy atom. The standard InChI is InChI=1S/C23H21FO3/c1-2-16-14-22(12-8-17(16)9-13-23(25)26)27-21-5-3-4-19(15-21)18-6-10-20(24)11-7-18/h3-8,10-12,14-15H,2,9,13H2,1H3,(H,25,26). The summed E-state index contributed by atoms with van der Waals surface area (Å²) < 4.78 is 19.1. The third kappa shape index (κ3) is 4.94. The second kappa shape index (κ2) is 8.49. The van der Waals surface area contributed by atoms with Crippen molar-refractivity contribution in [3.05, 3.63) is 83.7 Å². The van der Waals surface area contributed by atoms with Gasteiger partial charge in [-0.05, 0) is 71.5 Å². The molecule has 138 valence electrons. The smallest absolute Gasteiger partial charge is 0.303 e. The SMILES string of the molecule is CCc1cc(Oc2cccc(-c3ccc(F)cc3)c2)ccc1CCC(=O)O. The molecule has 0 fully saturated rings. The lowest BCUT2D eigenvalue weighted by molar-refractivity contribution is -0.136. The first-order valence-corrected chi connectivity index (χ1v) is 8.92. The highest BCUT2D eigenvalue weighted by Gasteiger charge is 2.07.